The van der Waals surface area contributed by atoms with Crippen molar-refractivity contribution < 1.29 is 4.79 Å². The van der Waals surface area contributed by atoms with Gasteiger partial charge >= 0.3 is 0 Å². The smallest absolute Gasteiger partial charge is 0.237 e. The maximum Gasteiger partial charge on any atom is 0.237 e. The molecule has 0 spiro atoms. The van der Waals surface area contributed by atoms with Crippen LogP contribution < -0.4 is 5.32 Å². The minimum absolute atomic E-state index is 0.249. The van der Waals surface area contributed by atoms with Crippen LogP contribution in [0.2, 0.25) is 0 Å². The lowest BCUT2D eigenvalue weighted by Gasteiger charge is -2.33. The Morgan fingerprint density at radius 2 is 2.41 bits per heavy atom. The molecular weight excluding hydrogens is 232 g/mol. The lowest BCUT2D eigenvalue weighted by molar-refractivity contribution is -0.132. The quantitative estimate of drug-likeness (QED) is 0.889. The van der Waals surface area contributed by atoms with Gasteiger partial charge in [0.15, 0.2) is 0 Å². The molecule has 4 heteroatoms. The summed E-state index contributed by atoms with van der Waals surface area (Å²) in [6.45, 7) is 3.52. The molecule has 1 atom stereocenters. The van der Waals surface area contributed by atoms with E-state index in [0.717, 1.165) is 13.0 Å². The fraction of sp³-hybridized carbons (Fsp3) is 0.615. The zero-order valence-corrected chi connectivity index (χ0v) is 10.9. The van der Waals surface area contributed by atoms with Gasteiger partial charge in [-0.25, -0.2) is 0 Å². The number of carbonyl (C=O) groups excluding carboxylic acids is 1. The van der Waals surface area contributed by atoms with Crippen LogP contribution in [0.4, 0.5) is 0 Å². The third kappa shape index (κ3) is 2.24. The predicted octanol–water partition coefficient (Wildman–Crippen LogP) is 1.95. The van der Waals surface area contributed by atoms with E-state index in [9.17, 15) is 4.79 Å². The van der Waals surface area contributed by atoms with Crippen molar-refractivity contribution in [1.29, 1.82) is 0 Å². The second kappa shape index (κ2) is 4.42. The first-order valence-corrected chi connectivity index (χ1v) is 7.23. The molecular formula is C13H18N2OS. The van der Waals surface area contributed by atoms with Crippen LogP contribution in [0.1, 0.15) is 36.2 Å². The molecule has 1 fully saturated rings. The first-order chi connectivity index (χ1) is 8.25. The van der Waals surface area contributed by atoms with Crippen LogP contribution in [0.25, 0.3) is 0 Å². The fourth-order valence-electron chi connectivity index (χ4n) is 2.47. The van der Waals surface area contributed by atoms with E-state index in [4.69, 9.17) is 0 Å². The summed E-state index contributed by atoms with van der Waals surface area (Å²) in [5, 5.41) is 5.44. The molecule has 1 aromatic heterocycles. The Morgan fingerprint density at radius 3 is 3.18 bits per heavy atom. The number of thiophene rings is 1. The van der Waals surface area contributed by atoms with Crippen molar-refractivity contribution in [2.75, 3.05) is 13.1 Å². The Kier molecular flexibility index (Phi) is 2.92. The summed E-state index contributed by atoms with van der Waals surface area (Å²) in [6, 6.07) is 3.02. The fourth-order valence-corrected chi connectivity index (χ4v) is 3.43. The van der Waals surface area contributed by atoms with E-state index < -0.39 is 0 Å². The highest BCUT2D eigenvalue weighted by Crippen LogP contribution is 2.32. The molecule has 0 aromatic carbocycles. The molecule has 0 saturated heterocycles. The van der Waals surface area contributed by atoms with Crippen molar-refractivity contribution in [3.8, 4) is 0 Å². The lowest BCUT2D eigenvalue weighted by Crippen LogP contribution is -2.43. The summed E-state index contributed by atoms with van der Waals surface area (Å²) in [5.74, 6) is 0.251. The maximum absolute atomic E-state index is 12.1. The van der Waals surface area contributed by atoms with Crippen LogP contribution in [0, 0.1) is 0 Å². The summed E-state index contributed by atoms with van der Waals surface area (Å²) in [5.41, 5.74) is 1.35. The van der Waals surface area contributed by atoms with Crippen LogP contribution in [0.5, 0.6) is 0 Å². The van der Waals surface area contributed by atoms with Gasteiger partial charge in [-0.3, -0.25) is 4.79 Å². The molecule has 17 heavy (non-hydrogen) atoms. The zero-order chi connectivity index (χ0) is 11.8. The Morgan fingerprint density at radius 1 is 1.59 bits per heavy atom. The summed E-state index contributed by atoms with van der Waals surface area (Å²) in [7, 11) is 0. The number of amides is 1. The van der Waals surface area contributed by atoms with Crippen molar-refractivity contribution >= 4 is 17.2 Å². The highest BCUT2D eigenvalue weighted by Gasteiger charge is 2.29. The van der Waals surface area contributed by atoms with Crippen molar-refractivity contribution in [1.82, 2.24) is 10.2 Å². The number of rotatable bonds is 3. The van der Waals surface area contributed by atoms with Gasteiger partial charge in [-0.2, -0.15) is 0 Å². The summed E-state index contributed by atoms with van der Waals surface area (Å²) in [4.78, 5) is 15.6. The van der Waals surface area contributed by atoms with Crippen LogP contribution in [-0.4, -0.2) is 29.9 Å². The molecule has 2 aliphatic rings. The first-order valence-electron chi connectivity index (χ1n) is 6.35. The highest BCUT2D eigenvalue weighted by atomic mass is 32.1. The van der Waals surface area contributed by atoms with Gasteiger partial charge in [0, 0.05) is 17.5 Å². The molecule has 0 radical (unpaired) electrons. The molecule has 1 aromatic rings. The van der Waals surface area contributed by atoms with Gasteiger partial charge < -0.3 is 10.2 Å². The van der Waals surface area contributed by atoms with Crippen molar-refractivity contribution in [3.05, 3.63) is 21.9 Å². The van der Waals surface area contributed by atoms with Gasteiger partial charge in [0.1, 0.15) is 0 Å². The van der Waals surface area contributed by atoms with Crippen LogP contribution in [0.15, 0.2) is 11.4 Å². The molecule has 2 heterocycles. The second-order valence-corrected chi connectivity index (χ2v) is 5.97. The van der Waals surface area contributed by atoms with E-state index in [-0.39, 0.29) is 11.9 Å². The summed E-state index contributed by atoms with van der Waals surface area (Å²) >= 11 is 1.82. The van der Waals surface area contributed by atoms with E-state index in [0.29, 0.717) is 12.6 Å². The van der Waals surface area contributed by atoms with E-state index in [1.165, 1.54) is 23.3 Å². The van der Waals surface area contributed by atoms with E-state index in [2.05, 4.69) is 23.7 Å². The Hall–Kier alpha value is -0.870. The average molecular weight is 250 g/mol. The molecule has 1 N–H and O–H groups in total. The van der Waals surface area contributed by atoms with E-state index >= 15 is 0 Å². The largest absolute Gasteiger partial charge is 0.334 e. The van der Waals surface area contributed by atoms with Gasteiger partial charge in [0.2, 0.25) is 5.91 Å². The van der Waals surface area contributed by atoms with Crippen LogP contribution in [0.3, 0.4) is 0 Å². The molecule has 1 aliphatic carbocycles. The first kappa shape index (κ1) is 11.2. The molecule has 3 nitrogen and oxygen atoms in total. The van der Waals surface area contributed by atoms with Gasteiger partial charge in [0.05, 0.1) is 12.6 Å². The third-order valence-electron chi connectivity index (χ3n) is 3.72. The van der Waals surface area contributed by atoms with E-state index in [1.54, 1.807) is 0 Å². The number of hydrogen-bond acceptors (Lipinski definition) is 3. The average Bonchev–Trinajstić information content (AvgIpc) is 3.03. The normalized spacial score (nSPS) is 23.6. The van der Waals surface area contributed by atoms with Gasteiger partial charge in [-0.05, 0) is 43.2 Å². The van der Waals surface area contributed by atoms with Gasteiger partial charge in [-0.15, -0.1) is 11.3 Å². The van der Waals surface area contributed by atoms with Crippen molar-refractivity contribution in [3.63, 3.8) is 0 Å². The zero-order valence-electron chi connectivity index (χ0n) is 10.1. The monoisotopic (exact) mass is 250 g/mol. The standard InChI is InChI=1S/C13H18N2OS/c1-9-11-5-7-17-12(11)4-6-15(9)13(16)8-14-10-2-3-10/h5,7,9-10,14H,2-4,6,8H2,1H3. The Bertz CT molecular complexity index is 425. The predicted molar refractivity (Wildman–Crippen MR) is 69.2 cm³/mol. The second-order valence-electron chi connectivity index (χ2n) is 4.97. The highest BCUT2D eigenvalue weighted by molar-refractivity contribution is 7.10. The summed E-state index contributed by atoms with van der Waals surface area (Å²) < 4.78 is 0. The van der Waals surface area contributed by atoms with E-state index in [1.807, 2.05) is 16.2 Å². The maximum atomic E-state index is 12.1. The van der Waals surface area contributed by atoms with Crippen LogP contribution >= 0.6 is 11.3 Å². The molecule has 92 valence electrons. The Labute approximate surface area is 106 Å². The lowest BCUT2D eigenvalue weighted by atomic mass is 10.0. The SMILES string of the molecule is CC1c2ccsc2CCN1C(=O)CNC1CC1. The number of carbonyl (C=O) groups is 1. The summed E-state index contributed by atoms with van der Waals surface area (Å²) in [6.07, 6.45) is 3.49. The number of nitrogens with one attached hydrogen (secondary N) is 1. The van der Waals surface area contributed by atoms with Gasteiger partial charge in [-0.1, -0.05) is 0 Å². The topological polar surface area (TPSA) is 32.3 Å². The Balaban J connectivity index is 1.65. The molecule has 1 amide bonds. The van der Waals surface area contributed by atoms with Crippen molar-refractivity contribution in [2.24, 2.45) is 0 Å². The third-order valence-corrected chi connectivity index (χ3v) is 4.71. The minimum Gasteiger partial charge on any atom is -0.334 e. The molecule has 3 rings (SSSR count). The molecule has 1 unspecified atom stereocenters. The van der Waals surface area contributed by atoms with Gasteiger partial charge in [0.25, 0.3) is 0 Å². The minimum atomic E-state index is 0.249. The van der Waals surface area contributed by atoms with Crippen LogP contribution in [-0.2, 0) is 11.2 Å². The molecule has 1 aliphatic heterocycles. The number of hydrogen-bond donors (Lipinski definition) is 1. The van der Waals surface area contributed by atoms with Crippen molar-refractivity contribution in [2.45, 2.75) is 38.3 Å². The number of fused-ring (bicyclic) bond motifs is 1. The number of nitrogens with zero attached hydrogens (tertiary/aromatic N) is 1. The molecule has 0 bridgehead atoms. The molecule has 1 saturated carbocycles.